The smallest absolute Gasteiger partial charge is 0.250 e. The number of benzene rings is 1. The molecular formula is C16H26OSi. The molecule has 1 aromatic carbocycles. The van der Waals surface area contributed by atoms with Gasteiger partial charge in [-0.3, -0.25) is 0 Å². The molecule has 0 unspecified atom stereocenters. The summed E-state index contributed by atoms with van der Waals surface area (Å²) in [6.45, 7) is 17.4. The number of allylic oxidation sites excluding steroid dienone is 1. The lowest BCUT2D eigenvalue weighted by molar-refractivity contribution is 0.492. The van der Waals surface area contributed by atoms with Gasteiger partial charge in [0.2, 0.25) is 8.32 Å². The highest BCUT2D eigenvalue weighted by Crippen LogP contribution is 2.37. The topological polar surface area (TPSA) is 9.23 Å². The largest absolute Gasteiger partial charge is 0.543 e. The minimum absolute atomic E-state index is 0.233. The average molecular weight is 262 g/mol. The molecule has 0 amide bonds. The fourth-order valence-electron chi connectivity index (χ4n) is 1.52. The highest BCUT2D eigenvalue weighted by Gasteiger charge is 2.38. The van der Waals surface area contributed by atoms with Crippen LogP contribution in [0.4, 0.5) is 0 Å². The van der Waals surface area contributed by atoms with Gasteiger partial charge in [0.15, 0.2) is 0 Å². The molecule has 0 aliphatic carbocycles. The van der Waals surface area contributed by atoms with Crippen molar-refractivity contribution in [3.8, 4) is 5.75 Å². The van der Waals surface area contributed by atoms with Crippen LogP contribution in [-0.4, -0.2) is 8.32 Å². The molecule has 0 heterocycles. The van der Waals surface area contributed by atoms with E-state index in [4.69, 9.17) is 4.43 Å². The standard InChI is InChI=1S/C16H26OSi/c1-13(2)11-14-9-8-10-15(12-14)17-18(6,7)16(3,4)5/h8-10,12H,1,11H2,2-7H3. The van der Waals surface area contributed by atoms with Gasteiger partial charge in [-0.15, -0.1) is 0 Å². The number of hydrogen-bond donors (Lipinski definition) is 0. The Labute approximate surface area is 113 Å². The average Bonchev–Trinajstić information content (AvgIpc) is 2.14. The molecule has 1 aromatic rings. The van der Waals surface area contributed by atoms with Gasteiger partial charge in [0, 0.05) is 0 Å². The summed E-state index contributed by atoms with van der Waals surface area (Å²) >= 11 is 0. The molecule has 1 rings (SSSR count). The molecule has 0 fully saturated rings. The summed E-state index contributed by atoms with van der Waals surface area (Å²) in [5.74, 6) is 1.00. The van der Waals surface area contributed by atoms with Crippen LogP contribution in [0.3, 0.4) is 0 Å². The van der Waals surface area contributed by atoms with Crippen molar-refractivity contribution >= 4 is 8.32 Å². The molecule has 1 nitrogen and oxygen atoms in total. The van der Waals surface area contributed by atoms with Crippen LogP contribution in [0.2, 0.25) is 18.1 Å². The Bertz CT molecular complexity index is 427. The first kappa shape index (κ1) is 15.0. The van der Waals surface area contributed by atoms with Gasteiger partial charge in [0.05, 0.1) is 0 Å². The van der Waals surface area contributed by atoms with Crippen LogP contribution >= 0.6 is 0 Å². The molecule has 0 bridgehead atoms. The normalized spacial score (nSPS) is 12.3. The van der Waals surface area contributed by atoms with Crippen molar-refractivity contribution in [2.75, 3.05) is 0 Å². The summed E-state index contributed by atoms with van der Waals surface area (Å²) in [6, 6.07) is 8.41. The first-order chi connectivity index (χ1) is 8.12. The Hall–Kier alpha value is -1.02. The predicted molar refractivity (Wildman–Crippen MR) is 82.8 cm³/mol. The molecule has 0 aliphatic rings. The monoisotopic (exact) mass is 262 g/mol. The van der Waals surface area contributed by atoms with Crippen LogP contribution in [0.15, 0.2) is 36.4 Å². The van der Waals surface area contributed by atoms with Gasteiger partial charge in [-0.2, -0.15) is 0 Å². The van der Waals surface area contributed by atoms with Crippen molar-refractivity contribution in [2.45, 2.75) is 52.2 Å². The third-order valence-electron chi connectivity index (χ3n) is 3.58. The molecule has 0 saturated heterocycles. The SMILES string of the molecule is C=C(C)Cc1cccc(O[Si](C)(C)C(C)(C)C)c1. The zero-order valence-corrected chi connectivity index (χ0v) is 13.6. The first-order valence-corrected chi connectivity index (χ1v) is 9.45. The molecular weight excluding hydrogens is 236 g/mol. The van der Waals surface area contributed by atoms with E-state index >= 15 is 0 Å². The highest BCUT2D eigenvalue weighted by molar-refractivity contribution is 6.74. The Morgan fingerprint density at radius 1 is 1.28 bits per heavy atom. The van der Waals surface area contributed by atoms with Crippen molar-refractivity contribution in [3.63, 3.8) is 0 Å². The molecule has 0 atom stereocenters. The molecule has 0 saturated carbocycles. The lowest BCUT2D eigenvalue weighted by Crippen LogP contribution is -2.43. The van der Waals surface area contributed by atoms with Gasteiger partial charge in [-0.25, -0.2) is 0 Å². The quantitative estimate of drug-likeness (QED) is 0.536. The van der Waals surface area contributed by atoms with Crippen molar-refractivity contribution in [3.05, 3.63) is 42.0 Å². The van der Waals surface area contributed by atoms with Crippen LogP contribution in [0, 0.1) is 0 Å². The summed E-state index contributed by atoms with van der Waals surface area (Å²) in [5.41, 5.74) is 2.46. The van der Waals surface area contributed by atoms with E-state index in [1.807, 2.05) is 0 Å². The summed E-state index contributed by atoms with van der Waals surface area (Å²) in [5, 5.41) is 0.233. The molecule has 0 spiro atoms. The summed E-state index contributed by atoms with van der Waals surface area (Å²) in [7, 11) is -1.73. The van der Waals surface area contributed by atoms with Crippen LogP contribution in [0.1, 0.15) is 33.3 Å². The first-order valence-electron chi connectivity index (χ1n) is 6.54. The zero-order chi connectivity index (χ0) is 14.0. The fourth-order valence-corrected chi connectivity index (χ4v) is 2.54. The van der Waals surface area contributed by atoms with Crippen molar-refractivity contribution < 1.29 is 4.43 Å². The van der Waals surface area contributed by atoms with Gasteiger partial charge in [-0.05, 0) is 49.2 Å². The maximum absolute atomic E-state index is 6.30. The third-order valence-corrected chi connectivity index (χ3v) is 7.94. The predicted octanol–water partition coefficient (Wildman–Crippen LogP) is 5.19. The van der Waals surface area contributed by atoms with Crippen LogP contribution in [-0.2, 0) is 6.42 Å². The number of rotatable bonds is 4. The van der Waals surface area contributed by atoms with Gasteiger partial charge in [0.1, 0.15) is 5.75 Å². The number of hydrogen-bond acceptors (Lipinski definition) is 1. The van der Waals surface area contributed by atoms with Crippen molar-refractivity contribution in [1.29, 1.82) is 0 Å². The zero-order valence-electron chi connectivity index (χ0n) is 12.6. The van der Waals surface area contributed by atoms with Gasteiger partial charge < -0.3 is 4.43 Å². The van der Waals surface area contributed by atoms with Crippen LogP contribution in [0.5, 0.6) is 5.75 Å². The molecule has 2 heteroatoms. The van der Waals surface area contributed by atoms with Crippen LogP contribution in [0.25, 0.3) is 0 Å². The van der Waals surface area contributed by atoms with Crippen molar-refractivity contribution in [2.24, 2.45) is 0 Å². The van der Waals surface area contributed by atoms with Gasteiger partial charge in [-0.1, -0.05) is 45.1 Å². The van der Waals surface area contributed by atoms with E-state index < -0.39 is 8.32 Å². The van der Waals surface area contributed by atoms with E-state index in [0.29, 0.717) is 0 Å². The van der Waals surface area contributed by atoms with Crippen molar-refractivity contribution in [1.82, 2.24) is 0 Å². The van der Waals surface area contributed by atoms with E-state index in [2.05, 4.69) is 71.6 Å². The molecule has 100 valence electrons. The maximum atomic E-state index is 6.30. The highest BCUT2D eigenvalue weighted by atomic mass is 28.4. The Morgan fingerprint density at radius 2 is 1.89 bits per heavy atom. The minimum Gasteiger partial charge on any atom is -0.543 e. The Morgan fingerprint density at radius 3 is 2.39 bits per heavy atom. The lowest BCUT2D eigenvalue weighted by atomic mass is 10.1. The molecule has 0 radical (unpaired) electrons. The Balaban J connectivity index is 2.89. The molecule has 0 N–H and O–H groups in total. The fraction of sp³-hybridized carbons (Fsp3) is 0.500. The Kier molecular flexibility index (Phi) is 4.44. The van der Waals surface area contributed by atoms with E-state index in [1.165, 1.54) is 11.1 Å². The second-order valence-corrected chi connectivity index (χ2v) is 11.4. The van der Waals surface area contributed by atoms with E-state index in [1.54, 1.807) is 0 Å². The second kappa shape index (κ2) is 5.31. The second-order valence-electron chi connectivity index (χ2n) is 6.64. The summed E-state index contributed by atoms with van der Waals surface area (Å²) in [6.07, 6.45) is 0.925. The maximum Gasteiger partial charge on any atom is 0.250 e. The summed E-state index contributed by atoms with van der Waals surface area (Å²) in [4.78, 5) is 0. The van der Waals surface area contributed by atoms with E-state index in [-0.39, 0.29) is 5.04 Å². The molecule has 18 heavy (non-hydrogen) atoms. The van der Waals surface area contributed by atoms with Gasteiger partial charge >= 0.3 is 0 Å². The minimum atomic E-state index is -1.73. The van der Waals surface area contributed by atoms with Crippen LogP contribution < -0.4 is 4.43 Å². The molecule has 0 aromatic heterocycles. The lowest BCUT2D eigenvalue weighted by Gasteiger charge is -2.36. The summed E-state index contributed by atoms with van der Waals surface area (Å²) < 4.78 is 6.30. The van der Waals surface area contributed by atoms with E-state index in [0.717, 1.165) is 12.2 Å². The molecule has 0 aliphatic heterocycles. The third kappa shape index (κ3) is 4.02. The van der Waals surface area contributed by atoms with Gasteiger partial charge in [0.25, 0.3) is 0 Å². The van der Waals surface area contributed by atoms with E-state index in [9.17, 15) is 0 Å².